The highest BCUT2D eigenvalue weighted by Gasteiger charge is 2.31. The lowest BCUT2D eigenvalue weighted by Crippen LogP contribution is -2.46. The second kappa shape index (κ2) is 9.65. The quantitative estimate of drug-likeness (QED) is 0.516. The summed E-state index contributed by atoms with van der Waals surface area (Å²) in [5, 5.41) is 7.09. The fourth-order valence-electron chi connectivity index (χ4n) is 4.06. The Morgan fingerprint density at radius 1 is 1.29 bits per heavy atom. The van der Waals surface area contributed by atoms with Gasteiger partial charge >= 0.3 is 12.0 Å². The Kier molecular flexibility index (Phi) is 6.66. The zero-order valence-corrected chi connectivity index (χ0v) is 20.1. The molecule has 12 nitrogen and oxygen atoms in total. The van der Waals surface area contributed by atoms with Crippen molar-refractivity contribution < 1.29 is 19.1 Å². The molecular formula is C22H30N8O4. The van der Waals surface area contributed by atoms with Crippen molar-refractivity contribution in [2.75, 3.05) is 19.7 Å². The van der Waals surface area contributed by atoms with Gasteiger partial charge in [0.1, 0.15) is 24.3 Å². The molecule has 0 bridgehead atoms. The molecule has 0 radical (unpaired) electrons. The Morgan fingerprint density at radius 2 is 2.09 bits per heavy atom. The number of urea groups is 1. The lowest BCUT2D eigenvalue weighted by atomic mass is 10.2. The summed E-state index contributed by atoms with van der Waals surface area (Å²) in [6, 6.07) is -1.05. The van der Waals surface area contributed by atoms with Crippen molar-refractivity contribution >= 4 is 23.2 Å². The highest BCUT2D eigenvalue weighted by Crippen LogP contribution is 2.29. The number of nitrogens with zero attached hydrogens (tertiary/aromatic N) is 7. The molecule has 0 aromatic carbocycles. The highest BCUT2D eigenvalue weighted by molar-refractivity contribution is 5.83. The predicted molar refractivity (Wildman–Crippen MR) is 123 cm³/mol. The number of aryl methyl sites for hydroxylation is 2. The van der Waals surface area contributed by atoms with Crippen molar-refractivity contribution in [2.45, 2.75) is 52.8 Å². The molecule has 1 aliphatic rings. The molecule has 0 spiro atoms. The van der Waals surface area contributed by atoms with Crippen LogP contribution in [0.15, 0.2) is 12.5 Å². The molecular weight excluding hydrogens is 440 g/mol. The van der Waals surface area contributed by atoms with E-state index < -0.39 is 12.0 Å². The average Bonchev–Trinajstić information content (AvgIpc) is 3.52. The van der Waals surface area contributed by atoms with Gasteiger partial charge in [0.05, 0.1) is 24.9 Å². The first-order valence-corrected chi connectivity index (χ1v) is 11.4. The molecule has 0 aliphatic carbocycles. The van der Waals surface area contributed by atoms with Crippen molar-refractivity contribution in [3.8, 4) is 17.3 Å². The number of hydrogen-bond donors (Lipinski definition) is 1. The summed E-state index contributed by atoms with van der Waals surface area (Å²) in [7, 11) is 1.90. The van der Waals surface area contributed by atoms with E-state index in [9.17, 15) is 9.59 Å². The lowest BCUT2D eigenvalue weighted by molar-refractivity contribution is -0.144. The van der Waals surface area contributed by atoms with Crippen LogP contribution in [0.2, 0.25) is 0 Å². The lowest BCUT2D eigenvalue weighted by Gasteiger charge is -2.20. The van der Waals surface area contributed by atoms with Gasteiger partial charge in [0.25, 0.3) is 0 Å². The number of ether oxygens (including phenoxy) is 2. The number of esters is 1. The van der Waals surface area contributed by atoms with Crippen molar-refractivity contribution in [2.24, 2.45) is 7.05 Å². The first kappa shape index (κ1) is 23.5. The molecule has 1 saturated heterocycles. The van der Waals surface area contributed by atoms with Crippen molar-refractivity contribution in [3.63, 3.8) is 0 Å². The number of amides is 2. The van der Waals surface area contributed by atoms with Crippen molar-refractivity contribution in [1.29, 1.82) is 0 Å². The molecule has 2 unspecified atom stereocenters. The maximum absolute atomic E-state index is 12.5. The van der Waals surface area contributed by atoms with Gasteiger partial charge in [0, 0.05) is 32.3 Å². The molecule has 1 aliphatic heterocycles. The van der Waals surface area contributed by atoms with E-state index in [1.54, 1.807) is 24.9 Å². The second-order valence-corrected chi connectivity index (χ2v) is 8.20. The largest absolute Gasteiger partial charge is 0.471 e. The SMILES string of the molecule is CCOC(=O)C(C)NC(=O)N1CCC(Oc2ncnc3c2nc(-c2cnn(CC)c2C)n3C)C1. The van der Waals surface area contributed by atoms with Gasteiger partial charge in [0.15, 0.2) is 11.2 Å². The van der Waals surface area contributed by atoms with Crippen LogP contribution in [0.4, 0.5) is 4.79 Å². The molecule has 12 heteroatoms. The summed E-state index contributed by atoms with van der Waals surface area (Å²) in [4.78, 5) is 39.4. The summed E-state index contributed by atoms with van der Waals surface area (Å²) in [6.45, 7) is 9.28. The number of aromatic nitrogens is 6. The van der Waals surface area contributed by atoms with E-state index in [4.69, 9.17) is 14.5 Å². The fourth-order valence-corrected chi connectivity index (χ4v) is 4.06. The second-order valence-electron chi connectivity index (χ2n) is 8.20. The van der Waals surface area contributed by atoms with Crippen molar-refractivity contribution in [1.82, 2.24) is 39.5 Å². The van der Waals surface area contributed by atoms with E-state index in [1.807, 2.05) is 30.1 Å². The van der Waals surface area contributed by atoms with Gasteiger partial charge in [-0.05, 0) is 27.7 Å². The number of carbonyl (C=O) groups excluding carboxylic acids is 2. The van der Waals surface area contributed by atoms with Crippen LogP contribution < -0.4 is 10.1 Å². The standard InChI is InChI=1S/C22H30N8O4/c1-6-30-14(4)16(10-25-30)18-27-17-19(28(18)5)23-12-24-20(17)34-15-8-9-29(11-15)22(32)26-13(3)21(31)33-7-2/h10,12-13,15H,6-9,11H2,1-5H3,(H,26,32). The minimum atomic E-state index is -0.721. The van der Waals surface area contributed by atoms with Gasteiger partial charge < -0.3 is 24.3 Å². The van der Waals surface area contributed by atoms with Crippen LogP contribution in [-0.2, 0) is 23.1 Å². The van der Waals surface area contributed by atoms with Gasteiger partial charge in [-0.1, -0.05) is 0 Å². The third kappa shape index (κ3) is 4.39. The molecule has 0 saturated carbocycles. The minimum absolute atomic E-state index is 0.253. The van der Waals surface area contributed by atoms with Gasteiger partial charge in [-0.25, -0.2) is 19.6 Å². The molecule has 1 fully saturated rings. The average molecular weight is 471 g/mol. The number of nitrogens with one attached hydrogen (secondary N) is 1. The molecule has 182 valence electrons. The molecule has 3 aromatic heterocycles. The van der Waals surface area contributed by atoms with Crippen LogP contribution in [0.3, 0.4) is 0 Å². The zero-order valence-electron chi connectivity index (χ0n) is 20.1. The normalized spacial score (nSPS) is 16.6. The highest BCUT2D eigenvalue weighted by atomic mass is 16.5. The van der Waals surface area contributed by atoms with E-state index in [0.717, 1.165) is 23.6 Å². The van der Waals surface area contributed by atoms with Gasteiger partial charge in [-0.3, -0.25) is 4.68 Å². The minimum Gasteiger partial charge on any atom is -0.471 e. The molecule has 34 heavy (non-hydrogen) atoms. The number of fused-ring (bicyclic) bond motifs is 1. The Balaban J connectivity index is 1.48. The van der Waals surface area contributed by atoms with E-state index >= 15 is 0 Å². The maximum atomic E-state index is 12.5. The summed E-state index contributed by atoms with van der Waals surface area (Å²) in [5.74, 6) is 0.648. The number of hydrogen-bond acceptors (Lipinski definition) is 8. The Morgan fingerprint density at radius 3 is 2.79 bits per heavy atom. The maximum Gasteiger partial charge on any atom is 0.328 e. The molecule has 1 N–H and O–H groups in total. The first-order chi connectivity index (χ1) is 16.3. The number of rotatable bonds is 7. The Bertz CT molecular complexity index is 1200. The monoisotopic (exact) mass is 470 g/mol. The molecule has 2 amide bonds. The Hall–Kier alpha value is -3.70. The molecule has 2 atom stereocenters. The zero-order chi connectivity index (χ0) is 24.4. The summed E-state index contributed by atoms with van der Waals surface area (Å²) >= 11 is 0. The van der Waals surface area contributed by atoms with Gasteiger partial charge in [0.2, 0.25) is 5.88 Å². The number of carbonyl (C=O) groups is 2. The van der Waals surface area contributed by atoms with Crippen LogP contribution in [0.25, 0.3) is 22.6 Å². The summed E-state index contributed by atoms with van der Waals surface area (Å²) in [5.41, 5.74) is 3.15. The van der Waals surface area contributed by atoms with E-state index in [1.165, 1.54) is 6.33 Å². The van der Waals surface area contributed by atoms with Crippen molar-refractivity contribution in [3.05, 3.63) is 18.2 Å². The predicted octanol–water partition coefficient (Wildman–Crippen LogP) is 1.67. The van der Waals surface area contributed by atoms with Gasteiger partial charge in [-0.15, -0.1) is 0 Å². The topological polar surface area (TPSA) is 129 Å². The van der Waals surface area contributed by atoms with Crippen LogP contribution in [0.5, 0.6) is 5.88 Å². The molecule has 4 rings (SSSR count). The van der Waals surface area contributed by atoms with Crippen LogP contribution in [0.1, 0.15) is 32.9 Å². The summed E-state index contributed by atoms with van der Waals surface area (Å²) in [6.07, 6.45) is 3.64. The number of imidazole rings is 1. The van der Waals surface area contributed by atoms with E-state index in [0.29, 0.717) is 36.6 Å². The molecule has 4 heterocycles. The third-order valence-corrected chi connectivity index (χ3v) is 5.96. The molecule has 3 aromatic rings. The summed E-state index contributed by atoms with van der Waals surface area (Å²) < 4.78 is 14.9. The third-order valence-electron chi connectivity index (χ3n) is 5.96. The van der Waals surface area contributed by atoms with Crippen LogP contribution >= 0.6 is 0 Å². The number of likely N-dealkylation sites (tertiary alicyclic amines) is 1. The van der Waals surface area contributed by atoms with E-state index in [-0.39, 0.29) is 18.7 Å². The fraction of sp³-hybridized carbons (Fsp3) is 0.545. The van der Waals surface area contributed by atoms with E-state index in [2.05, 4.69) is 20.4 Å². The first-order valence-electron chi connectivity index (χ1n) is 11.4. The van der Waals surface area contributed by atoms with Crippen LogP contribution in [0, 0.1) is 6.92 Å². The smallest absolute Gasteiger partial charge is 0.328 e. The Labute approximate surface area is 197 Å². The van der Waals surface area contributed by atoms with Crippen LogP contribution in [-0.4, -0.2) is 78.0 Å². The van der Waals surface area contributed by atoms with Gasteiger partial charge in [-0.2, -0.15) is 10.1 Å².